The average molecular weight is 289 g/mol. The molecule has 3 nitrogen and oxygen atoms in total. The molecule has 0 bridgehead atoms. The summed E-state index contributed by atoms with van der Waals surface area (Å²) in [5.74, 6) is 0.922. The fourth-order valence-corrected chi connectivity index (χ4v) is 3.75. The first-order valence-electron chi connectivity index (χ1n) is 8.30. The third kappa shape index (κ3) is 3.78. The van der Waals surface area contributed by atoms with Gasteiger partial charge in [0, 0.05) is 19.2 Å². The van der Waals surface area contributed by atoms with Gasteiger partial charge < -0.3 is 14.8 Å². The van der Waals surface area contributed by atoms with Crippen LogP contribution in [0.3, 0.4) is 0 Å². The van der Waals surface area contributed by atoms with Gasteiger partial charge in [-0.05, 0) is 43.4 Å². The summed E-state index contributed by atoms with van der Waals surface area (Å²) in [5, 5.41) is 3.73. The lowest BCUT2D eigenvalue weighted by Gasteiger charge is -2.43. The smallest absolute Gasteiger partial charge is 0.118 e. The monoisotopic (exact) mass is 289 g/mol. The lowest BCUT2D eigenvalue weighted by molar-refractivity contribution is -0.109. The number of benzene rings is 1. The molecular weight excluding hydrogens is 262 g/mol. The molecule has 0 aromatic heterocycles. The molecule has 0 amide bonds. The highest BCUT2D eigenvalue weighted by Gasteiger charge is 2.38. The fourth-order valence-electron chi connectivity index (χ4n) is 3.75. The zero-order valence-corrected chi connectivity index (χ0v) is 13.1. The first-order valence-corrected chi connectivity index (χ1v) is 8.30. The summed E-state index contributed by atoms with van der Waals surface area (Å²) in [6.45, 7) is 1.85. The van der Waals surface area contributed by atoms with E-state index in [1.54, 1.807) is 7.11 Å². The summed E-state index contributed by atoms with van der Waals surface area (Å²) in [7, 11) is 1.71. The normalized spacial score (nSPS) is 24.9. The number of hydrogen-bond acceptors (Lipinski definition) is 3. The van der Waals surface area contributed by atoms with Crippen molar-refractivity contribution in [3.8, 4) is 5.75 Å². The lowest BCUT2D eigenvalue weighted by Crippen LogP contribution is -2.47. The Labute approximate surface area is 128 Å². The minimum atomic E-state index is 0.189. The van der Waals surface area contributed by atoms with Gasteiger partial charge in [-0.2, -0.15) is 0 Å². The summed E-state index contributed by atoms with van der Waals surface area (Å²) in [5.41, 5.74) is 1.51. The highest BCUT2D eigenvalue weighted by Crippen LogP contribution is 2.38. The summed E-state index contributed by atoms with van der Waals surface area (Å²) >= 11 is 0. The Bertz CT molecular complexity index is 432. The fraction of sp³-hybridized carbons (Fsp3) is 0.667. The molecule has 1 heterocycles. The van der Waals surface area contributed by atoms with Gasteiger partial charge in [0.25, 0.3) is 0 Å². The summed E-state index contributed by atoms with van der Waals surface area (Å²) in [6.07, 6.45) is 8.90. The minimum absolute atomic E-state index is 0.189. The molecule has 3 heteroatoms. The first-order chi connectivity index (χ1) is 10.3. The molecule has 1 unspecified atom stereocenters. The van der Waals surface area contributed by atoms with Crippen LogP contribution < -0.4 is 10.1 Å². The van der Waals surface area contributed by atoms with Gasteiger partial charge in [-0.15, -0.1) is 0 Å². The second-order valence-electron chi connectivity index (χ2n) is 6.51. The molecule has 1 spiro atoms. The topological polar surface area (TPSA) is 30.5 Å². The highest BCUT2D eigenvalue weighted by molar-refractivity contribution is 5.27. The first kappa shape index (κ1) is 14.9. The van der Waals surface area contributed by atoms with E-state index in [0.717, 1.165) is 25.3 Å². The van der Waals surface area contributed by atoms with Crippen LogP contribution in [-0.2, 0) is 11.3 Å². The zero-order chi connectivity index (χ0) is 14.5. The van der Waals surface area contributed by atoms with Gasteiger partial charge in [0.15, 0.2) is 0 Å². The van der Waals surface area contributed by atoms with Crippen molar-refractivity contribution < 1.29 is 9.47 Å². The number of nitrogens with one attached hydrogen (secondary N) is 1. The van der Waals surface area contributed by atoms with Crippen LogP contribution in [-0.4, -0.2) is 25.4 Å². The molecular formula is C18H27NO2. The summed E-state index contributed by atoms with van der Waals surface area (Å²) in [6, 6.07) is 8.94. The Morgan fingerprint density at radius 3 is 2.67 bits per heavy atom. The standard InChI is InChI=1S/C18H27NO2/c1-20-17-7-5-15(6-8-17)14-19-16-9-12-21-18(13-16)10-3-2-4-11-18/h5-8,16,19H,2-4,9-14H2,1H3. The van der Waals surface area contributed by atoms with Crippen LogP contribution in [0.15, 0.2) is 24.3 Å². The third-order valence-electron chi connectivity index (χ3n) is 5.01. The molecule has 1 aromatic rings. The maximum absolute atomic E-state index is 6.16. The molecule has 1 aromatic carbocycles. The van der Waals surface area contributed by atoms with Gasteiger partial charge in [-0.1, -0.05) is 31.4 Å². The average Bonchev–Trinajstić information content (AvgIpc) is 2.54. The van der Waals surface area contributed by atoms with Gasteiger partial charge in [-0.3, -0.25) is 0 Å². The van der Waals surface area contributed by atoms with E-state index in [4.69, 9.17) is 9.47 Å². The lowest BCUT2D eigenvalue weighted by atomic mass is 9.78. The minimum Gasteiger partial charge on any atom is -0.497 e. The van der Waals surface area contributed by atoms with E-state index in [0.29, 0.717) is 6.04 Å². The maximum atomic E-state index is 6.16. The van der Waals surface area contributed by atoms with E-state index in [1.165, 1.54) is 44.1 Å². The van der Waals surface area contributed by atoms with Crippen molar-refractivity contribution in [3.05, 3.63) is 29.8 Å². The molecule has 1 atom stereocenters. The Kier molecular flexibility index (Phi) is 4.81. The number of methoxy groups -OCH3 is 1. The van der Waals surface area contributed by atoms with Crippen molar-refractivity contribution in [2.24, 2.45) is 0 Å². The Balaban J connectivity index is 1.52. The zero-order valence-electron chi connectivity index (χ0n) is 13.1. The molecule has 0 radical (unpaired) electrons. The summed E-state index contributed by atoms with van der Waals surface area (Å²) in [4.78, 5) is 0. The van der Waals surface area contributed by atoms with Crippen molar-refractivity contribution in [1.29, 1.82) is 0 Å². The largest absolute Gasteiger partial charge is 0.497 e. The molecule has 1 aliphatic heterocycles. The highest BCUT2D eigenvalue weighted by atomic mass is 16.5. The maximum Gasteiger partial charge on any atom is 0.118 e. The van der Waals surface area contributed by atoms with Crippen molar-refractivity contribution in [1.82, 2.24) is 5.32 Å². The van der Waals surface area contributed by atoms with Crippen molar-refractivity contribution in [2.45, 2.75) is 63.1 Å². The van der Waals surface area contributed by atoms with Crippen molar-refractivity contribution in [3.63, 3.8) is 0 Å². The van der Waals surface area contributed by atoms with Crippen molar-refractivity contribution >= 4 is 0 Å². The molecule has 1 N–H and O–H groups in total. The van der Waals surface area contributed by atoms with Crippen molar-refractivity contribution in [2.75, 3.05) is 13.7 Å². The van der Waals surface area contributed by atoms with E-state index in [1.807, 2.05) is 12.1 Å². The van der Waals surface area contributed by atoms with Crippen LogP contribution in [0.1, 0.15) is 50.5 Å². The molecule has 1 saturated heterocycles. The summed E-state index contributed by atoms with van der Waals surface area (Å²) < 4.78 is 11.4. The molecule has 2 aliphatic rings. The quantitative estimate of drug-likeness (QED) is 0.917. The van der Waals surface area contributed by atoms with E-state index in [9.17, 15) is 0 Å². The van der Waals surface area contributed by atoms with Crippen LogP contribution in [0, 0.1) is 0 Å². The van der Waals surface area contributed by atoms with Gasteiger partial charge >= 0.3 is 0 Å². The van der Waals surface area contributed by atoms with Gasteiger partial charge in [-0.25, -0.2) is 0 Å². The third-order valence-corrected chi connectivity index (χ3v) is 5.01. The number of rotatable bonds is 4. The van der Waals surface area contributed by atoms with Crippen LogP contribution >= 0.6 is 0 Å². The Morgan fingerprint density at radius 2 is 1.95 bits per heavy atom. The van der Waals surface area contributed by atoms with Crippen LogP contribution in [0.2, 0.25) is 0 Å². The molecule has 21 heavy (non-hydrogen) atoms. The molecule has 3 rings (SSSR count). The van der Waals surface area contributed by atoms with E-state index in [2.05, 4.69) is 17.4 Å². The molecule has 1 aliphatic carbocycles. The Morgan fingerprint density at radius 1 is 1.19 bits per heavy atom. The molecule has 1 saturated carbocycles. The number of ether oxygens (including phenoxy) is 2. The molecule has 116 valence electrons. The van der Waals surface area contributed by atoms with Gasteiger partial charge in [0.2, 0.25) is 0 Å². The van der Waals surface area contributed by atoms with Crippen LogP contribution in [0.5, 0.6) is 5.75 Å². The second kappa shape index (κ2) is 6.80. The Hall–Kier alpha value is -1.06. The van der Waals surface area contributed by atoms with Gasteiger partial charge in [0.1, 0.15) is 5.75 Å². The van der Waals surface area contributed by atoms with E-state index in [-0.39, 0.29) is 5.60 Å². The van der Waals surface area contributed by atoms with Gasteiger partial charge in [0.05, 0.1) is 12.7 Å². The SMILES string of the molecule is COc1ccc(CNC2CCOC3(CCCCC3)C2)cc1. The number of hydrogen-bond donors (Lipinski definition) is 1. The van der Waals surface area contributed by atoms with Crippen LogP contribution in [0.25, 0.3) is 0 Å². The van der Waals surface area contributed by atoms with Crippen LogP contribution in [0.4, 0.5) is 0 Å². The molecule has 2 fully saturated rings. The van der Waals surface area contributed by atoms with E-state index >= 15 is 0 Å². The van der Waals surface area contributed by atoms with E-state index < -0.39 is 0 Å². The predicted octanol–water partition coefficient (Wildman–Crippen LogP) is 3.67. The second-order valence-corrected chi connectivity index (χ2v) is 6.51. The predicted molar refractivity (Wildman–Crippen MR) is 84.6 cm³/mol.